The quantitative estimate of drug-likeness (QED) is 0.657. The van der Waals surface area contributed by atoms with E-state index in [1.807, 2.05) is 32.9 Å². The summed E-state index contributed by atoms with van der Waals surface area (Å²) in [5.41, 5.74) is 3.82. The molecule has 0 saturated heterocycles. The molecule has 2 atom stereocenters. The van der Waals surface area contributed by atoms with Gasteiger partial charge in [-0.25, -0.2) is 0 Å². The first-order chi connectivity index (χ1) is 11.3. The molecule has 2 unspecified atom stereocenters. The Hall–Kier alpha value is -1.60. The highest BCUT2D eigenvalue weighted by atomic mass is 31.2. The molecule has 0 fully saturated rings. The molecule has 24 heavy (non-hydrogen) atoms. The highest BCUT2D eigenvalue weighted by Gasteiger charge is 2.26. The van der Waals surface area contributed by atoms with Crippen LogP contribution in [0.3, 0.4) is 0 Å². The Morgan fingerprint density at radius 2 is 1.58 bits per heavy atom. The van der Waals surface area contributed by atoms with Gasteiger partial charge >= 0.3 is 9.12 Å². The number of aryl methyl sites for hydroxylation is 3. The van der Waals surface area contributed by atoms with Gasteiger partial charge < -0.3 is 4.89 Å². The Bertz CT molecular complexity index is 776. The Labute approximate surface area is 145 Å². The zero-order valence-corrected chi connectivity index (χ0v) is 16.4. The lowest BCUT2D eigenvalue weighted by atomic mass is 9.93. The SMILES string of the molecule is CCP(=O)(O)c1ccccc1C(=O)c1c(C)cc(C)cc1C.O=[PH2+]. The fourth-order valence-electron chi connectivity index (χ4n) is 2.81. The summed E-state index contributed by atoms with van der Waals surface area (Å²) >= 11 is 0. The van der Waals surface area contributed by atoms with Gasteiger partial charge in [0.05, 0.1) is 0 Å². The molecule has 4 nitrogen and oxygen atoms in total. The number of rotatable bonds is 4. The van der Waals surface area contributed by atoms with Gasteiger partial charge in [0.25, 0.3) is 0 Å². The minimum atomic E-state index is -3.50. The Morgan fingerprint density at radius 1 is 1.08 bits per heavy atom. The predicted molar refractivity (Wildman–Crippen MR) is 101 cm³/mol. The lowest BCUT2D eigenvalue weighted by molar-refractivity contribution is 0.103. The van der Waals surface area contributed by atoms with Gasteiger partial charge in [0.2, 0.25) is 7.37 Å². The number of hydrogen-bond acceptors (Lipinski definition) is 3. The summed E-state index contributed by atoms with van der Waals surface area (Å²) in [5.74, 6) is -0.187. The van der Waals surface area contributed by atoms with E-state index in [1.54, 1.807) is 31.2 Å². The number of ketones is 1. The van der Waals surface area contributed by atoms with Crippen LogP contribution in [0.15, 0.2) is 36.4 Å². The summed E-state index contributed by atoms with van der Waals surface area (Å²) in [7, 11) is -2.33. The standard InChI is InChI=1S/C18H21O3P.H2OP/c1-5-22(20,21)16-9-7-6-8-15(16)18(19)17-13(3)10-12(2)11-14(17)4;1-2/h6-11H,5H2,1-4H3,(H,20,21);2H2/q;+1. The van der Waals surface area contributed by atoms with Crippen molar-refractivity contribution >= 4 is 27.6 Å². The third kappa shape index (κ3) is 4.27. The maximum absolute atomic E-state index is 13.0. The normalized spacial score (nSPS) is 12.7. The van der Waals surface area contributed by atoms with Gasteiger partial charge in [-0.05, 0) is 38.0 Å². The molecule has 6 heteroatoms. The number of carbonyl (C=O) groups excluding carboxylic acids is 1. The van der Waals surface area contributed by atoms with Crippen LogP contribution in [0.5, 0.6) is 0 Å². The fraction of sp³-hybridized carbons (Fsp3) is 0.278. The highest BCUT2D eigenvalue weighted by Crippen LogP contribution is 2.40. The molecule has 128 valence electrons. The molecule has 0 aliphatic rings. The molecule has 0 radical (unpaired) electrons. The van der Waals surface area contributed by atoms with Crippen molar-refractivity contribution in [2.45, 2.75) is 27.7 Å². The molecule has 2 rings (SSSR count). The second-order valence-electron chi connectivity index (χ2n) is 5.64. The third-order valence-corrected chi connectivity index (χ3v) is 5.86. The number of hydrogen-bond donors (Lipinski definition) is 1. The molecule has 0 spiro atoms. The van der Waals surface area contributed by atoms with Crippen LogP contribution in [0.2, 0.25) is 0 Å². The smallest absolute Gasteiger partial charge is 0.310 e. The summed E-state index contributed by atoms with van der Waals surface area (Å²) in [5, 5.41) is 0.252. The second kappa shape index (κ2) is 8.48. The minimum absolute atomic E-state index is 0.114. The predicted octanol–water partition coefficient (Wildman–Crippen LogP) is 3.97. The van der Waals surface area contributed by atoms with Gasteiger partial charge in [-0.1, -0.05) is 47.4 Å². The van der Waals surface area contributed by atoms with Gasteiger partial charge in [0.15, 0.2) is 5.78 Å². The van der Waals surface area contributed by atoms with Crippen molar-refractivity contribution in [1.82, 2.24) is 0 Å². The number of benzene rings is 2. The average Bonchev–Trinajstić information content (AvgIpc) is 2.55. The Morgan fingerprint density at radius 3 is 2.08 bits per heavy atom. The van der Waals surface area contributed by atoms with E-state index in [1.165, 1.54) is 9.12 Å². The lowest BCUT2D eigenvalue weighted by Gasteiger charge is -2.16. The molecule has 0 bridgehead atoms. The molecule has 0 aliphatic carbocycles. The molecular formula is C18H23O4P2+. The van der Waals surface area contributed by atoms with E-state index in [2.05, 4.69) is 0 Å². The average molecular weight is 365 g/mol. The summed E-state index contributed by atoms with van der Waals surface area (Å²) in [6.07, 6.45) is 0.114. The zero-order chi connectivity index (χ0) is 18.5. The lowest BCUT2D eigenvalue weighted by Crippen LogP contribution is -2.19. The molecule has 0 amide bonds. The van der Waals surface area contributed by atoms with Crippen LogP contribution in [-0.2, 0) is 9.13 Å². The first kappa shape index (κ1) is 20.4. The largest absolute Gasteiger partial charge is 0.341 e. The maximum Gasteiger partial charge on any atom is 0.310 e. The molecule has 0 aromatic heterocycles. The van der Waals surface area contributed by atoms with Gasteiger partial charge in [-0.2, -0.15) is 0 Å². The Kier molecular flexibility index (Phi) is 7.23. The third-order valence-electron chi connectivity index (χ3n) is 3.86. The number of carbonyl (C=O) groups is 1. The summed E-state index contributed by atoms with van der Waals surface area (Å²) < 4.78 is 20.5. The van der Waals surface area contributed by atoms with Gasteiger partial charge in [0.1, 0.15) is 0 Å². The molecule has 0 aliphatic heterocycles. The van der Waals surface area contributed by atoms with Crippen molar-refractivity contribution < 1.29 is 18.8 Å². The van der Waals surface area contributed by atoms with Crippen LogP contribution in [-0.4, -0.2) is 16.8 Å². The van der Waals surface area contributed by atoms with Crippen LogP contribution in [0.25, 0.3) is 0 Å². The van der Waals surface area contributed by atoms with Crippen LogP contribution in [0.4, 0.5) is 0 Å². The molecule has 0 saturated carbocycles. The topological polar surface area (TPSA) is 71.4 Å². The van der Waals surface area contributed by atoms with Crippen molar-refractivity contribution in [2.75, 3.05) is 6.16 Å². The molecule has 1 N–H and O–H groups in total. The van der Waals surface area contributed by atoms with Crippen LogP contribution in [0.1, 0.15) is 39.5 Å². The first-order valence-corrected chi connectivity index (χ1v) is 9.87. The highest BCUT2D eigenvalue weighted by molar-refractivity contribution is 7.66. The van der Waals surface area contributed by atoms with E-state index in [4.69, 9.17) is 4.57 Å². The molecule has 2 aromatic carbocycles. The van der Waals surface area contributed by atoms with E-state index < -0.39 is 7.37 Å². The van der Waals surface area contributed by atoms with E-state index in [0.29, 0.717) is 11.1 Å². The van der Waals surface area contributed by atoms with Gasteiger partial charge in [-0.15, -0.1) is 0 Å². The van der Waals surface area contributed by atoms with E-state index in [9.17, 15) is 14.3 Å². The van der Waals surface area contributed by atoms with Crippen molar-refractivity contribution in [3.8, 4) is 0 Å². The maximum atomic E-state index is 13.0. The summed E-state index contributed by atoms with van der Waals surface area (Å²) in [6, 6.07) is 10.6. The minimum Gasteiger partial charge on any atom is -0.341 e. The van der Waals surface area contributed by atoms with Crippen molar-refractivity contribution in [2.24, 2.45) is 0 Å². The van der Waals surface area contributed by atoms with Gasteiger partial charge in [0, 0.05) is 22.6 Å². The van der Waals surface area contributed by atoms with E-state index in [-0.39, 0.29) is 17.2 Å². The molecule has 2 aromatic rings. The van der Waals surface area contributed by atoms with Crippen LogP contribution >= 0.6 is 16.5 Å². The molecular weight excluding hydrogens is 342 g/mol. The summed E-state index contributed by atoms with van der Waals surface area (Å²) in [6.45, 7) is 7.44. The van der Waals surface area contributed by atoms with Crippen molar-refractivity contribution in [3.63, 3.8) is 0 Å². The van der Waals surface area contributed by atoms with E-state index >= 15 is 0 Å². The van der Waals surface area contributed by atoms with Crippen molar-refractivity contribution in [1.29, 1.82) is 0 Å². The van der Waals surface area contributed by atoms with Crippen LogP contribution in [0, 0.1) is 20.8 Å². The first-order valence-electron chi connectivity index (χ1n) is 7.55. The van der Waals surface area contributed by atoms with E-state index in [0.717, 1.165) is 16.7 Å². The zero-order valence-electron chi connectivity index (χ0n) is 14.4. The fourth-order valence-corrected chi connectivity index (χ4v) is 4.03. The second-order valence-corrected chi connectivity index (χ2v) is 8.16. The summed E-state index contributed by atoms with van der Waals surface area (Å²) in [4.78, 5) is 23.1. The van der Waals surface area contributed by atoms with Crippen LogP contribution < -0.4 is 5.30 Å². The van der Waals surface area contributed by atoms with Crippen molar-refractivity contribution in [3.05, 3.63) is 64.2 Å². The molecule has 0 heterocycles. The van der Waals surface area contributed by atoms with Gasteiger partial charge in [-0.3, -0.25) is 9.36 Å². The Balaban J connectivity index is 0.00000139. The monoisotopic (exact) mass is 365 g/mol.